The van der Waals surface area contributed by atoms with Gasteiger partial charge in [0, 0.05) is 5.56 Å². The number of hydrogen-bond acceptors (Lipinski definition) is 5. The molecule has 0 atom stereocenters. The Morgan fingerprint density at radius 1 is 1.56 bits per heavy atom. The summed E-state index contributed by atoms with van der Waals surface area (Å²) in [4.78, 5) is 21.8. The van der Waals surface area contributed by atoms with Gasteiger partial charge in [-0.2, -0.15) is 4.68 Å². The number of hydrogen-bond donors (Lipinski definition) is 0. The molecule has 94 valence electrons. The molecule has 6 nitrogen and oxygen atoms in total. The molecular weight excluding hydrogens is 390 g/mol. The van der Waals surface area contributed by atoms with Crippen molar-refractivity contribution in [3.63, 3.8) is 0 Å². The van der Waals surface area contributed by atoms with Crippen LogP contribution in [0.4, 0.5) is 5.82 Å². The molecule has 2 heterocycles. The van der Waals surface area contributed by atoms with Gasteiger partial charge in [-0.3, -0.25) is 4.79 Å². The highest BCUT2D eigenvalue weighted by Crippen LogP contribution is 2.32. The topological polar surface area (TPSA) is 78.0 Å². The van der Waals surface area contributed by atoms with Gasteiger partial charge in [-0.15, -0.1) is 11.3 Å². The van der Waals surface area contributed by atoms with Crippen molar-refractivity contribution in [1.82, 2.24) is 9.78 Å². The quantitative estimate of drug-likeness (QED) is 0.453. The van der Waals surface area contributed by atoms with Gasteiger partial charge in [0.1, 0.15) is 6.54 Å². The molecule has 0 bridgehead atoms. The molecule has 2 aromatic heterocycles. The Morgan fingerprint density at radius 3 is 2.78 bits per heavy atom. The van der Waals surface area contributed by atoms with Crippen molar-refractivity contribution in [2.24, 2.45) is 0 Å². The van der Waals surface area contributed by atoms with Gasteiger partial charge in [-0.25, -0.2) is 0 Å². The number of carbonyl (C=O) groups is 1. The summed E-state index contributed by atoms with van der Waals surface area (Å²) in [6, 6.07) is 2.96. The third-order valence-electron chi connectivity index (χ3n) is 2.08. The predicted octanol–water partition coefficient (Wildman–Crippen LogP) is 3.26. The second-order valence-electron chi connectivity index (χ2n) is 3.29. The zero-order chi connectivity index (χ0) is 13.3. The molecular formula is C9H5Br2N3O3S. The highest BCUT2D eigenvalue weighted by molar-refractivity contribution is 9.12. The molecule has 0 aliphatic carbocycles. The first-order chi connectivity index (χ1) is 8.47. The standard InChI is InChI=1S/C9H5Br2N3O3S/c10-7-3-5(9(11)18-7)6(15)4-13-2-1-8(12-13)14(16)17/h1-3H,4H2. The van der Waals surface area contributed by atoms with E-state index in [0.29, 0.717) is 5.56 Å². The summed E-state index contributed by atoms with van der Waals surface area (Å²) < 4.78 is 2.81. The normalized spacial score (nSPS) is 10.6. The fraction of sp³-hybridized carbons (Fsp3) is 0.111. The van der Waals surface area contributed by atoms with Crippen molar-refractivity contribution in [2.45, 2.75) is 6.54 Å². The SMILES string of the molecule is O=C(Cn1ccc([N+](=O)[O-])n1)c1cc(Br)sc1Br. The van der Waals surface area contributed by atoms with Gasteiger partial charge in [0.15, 0.2) is 5.78 Å². The van der Waals surface area contributed by atoms with Crippen LogP contribution in [0.3, 0.4) is 0 Å². The molecule has 0 aliphatic rings. The van der Waals surface area contributed by atoms with Crippen LogP contribution >= 0.6 is 43.2 Å². The maximum absolute atomic E-state index is 12.0. The van der Waals surface area contributed by atoms with Gasteiger partial charge in [-0.05, 0) is 42.8 Å². The molecule has 0 saturated heterocycles. The molecule has 0 radical (unpaired) electrons. The van der Waals surface area contributed by atoms with E-state index in [1.54, 1.807) is 6.07 Å². The molecule has 0 spiro atoms. The van der Waals surface area contributed by atoms with E-state index in [2.05, 4.69) is 37.0 Å². The molecule has 0 aromatic carbocycles. The van der Waals surface area contributed by atoms with Gasteiger partial charge in [-0.1, -0.05) is 0 Å². The fourth-order valence-electron chi connectivity index (χ4n) is 1.30. The van der Waals surface area contributed by atoms with Crippen molar-refractivity contribution in [2.75, 3.05) is 0 Å². The first-order valence-corrected chi connectivity index (χ1v) is 7.03. The van der Waals surface area contributed by atoms with Gasteiger partial charge >= 0.3 is 5.82 Å². The number of nitro groups is 1. The first kappa shape index (κ1) is 13.4. The first-order valence-electron chi connectivity index (χ1n) is 4.63. The summed E-state index contributed by atoms with van der Waals surface area (Å²) in [6.07, 6.45) is 1.41. The highest BCUT2D eigenvalue weighted by Gasteiger charge is 2.17. The van der Waals surface area contributed by atoms with Gasteiger partial charge in [0.25, 0.3) is 0 Å². The van der Waals surface area contributed by atoms with E-state index >= 15 is 0 Å². The van der Waals surface area contributed by atoms with Crippen LogP contribution in [0, 0.1) is 10.1 Å². The molecule has 0 N–H and O–H groups in total. The van der Waals surface area contributed by atoms with Gasteiger partial charge < -0.3 is 10.1 Å². The Balaban J connectivity index is 2.16. The van der Waals surface area contributed by atoms with E-state index in [4.69, 9.17) is 0 Å². The van der Waals surface area contributed by atoms with Crippen LogP contribution in [-0.2, 0) is 6.54 Å². The van der Waals surface area contributed by atoms with Crippen LogP contribution < -0.4 is 0 Å². The molecule has 0 unspecified atom stereocenters. The summed E-state index contributed by atoms with van der Waals surface area (Å²) >= 11 is 7.97. The van der Waals surface area contributed by atoms with Crippen LogP contribution in [0.2, 0.25) is 0 Å². The number of ketones is 1. The van der Waals surface area contributed by atoms with Crippen LogP contribution in [-0.4, -0.2) is 20.5 Å². The number of nitrogens with zero attached hydrogens (tertiary/aromatic N) is 3. The Labute approximate surface area is 122 Å². The summed E-state index contributed by atoms with van der Waals surface area (Å²) in [5, 5.41) is 14.1. The fourth-order valence-corrected chi connectivity index (χ4v) is 4.15. The van der Waals surface area contributed by atoms with Gasteiger partial charge in [0.05, 0.1) is 24.9 Å². The summed E-state index contributed by atoms with van der Waals surface area (Å²) in [6.45, 7) is -0.0321. The molecule has 0 saturated carbocycles. The lowest BCUT2D eigenvalue weighted by atomic mass is 10.2. The van der Waals surface area contributed by atoms with Crippen molar-refractivity contribution < 1.29 is 9.72 Å². The van der Waals surface area contributed by atoms with E-state index in [-0.39, 0.29) is 18.1 Å². The van der Waals surface area contributed by atoms with E-state index in [1.807, 2.05) is 0 Å². The lowest BCUT2D eigenvalue weighted by Gasteiger charge is -1.96. The van der Waals surface area contributed by atoms with Crippen molar-refractivity contribution in [1.29, 1.82) is 0 Å². The average Bonchev–Trinajstić information content (AvgIpc) is 2.85. The molecule has 2 aromatic rings. The Hall–Kier alpha value is -1.06. The van der Waals surface area contributed by atoms with E-state index < -0.39 is 4.92 Å². The maximum Gasteiger partial charge on any atom is 0.389 e. The number of carbonyl (C=O) groups excluding carboxylic acids is 1. The van der Waals surface area contributed by atoms with Crippen LogP contribution in [0.5, 0.6) is 0 Å². The zero-order valence-electron chi connectivity index (χ0n) is 8.67. The summed E-state index contributed by atoms with van der Waals surface area (Å²) in [7, 11) is 0. The molecule has 0 amide bonds. The Kier molecular flexibility index (Phi) is 3.93. The average molecular weight is 395 g/mol. The third-order valence-corrected chi connectivity index (χ3v) is 4.42. The predicted molar refractivity (Wildman–Crippen MR) is 72.9 cm³/mol. The molecule has 9 heteroatoms. The molecule has 18 heavy (non-hydrogen) atoms. The van der Waals surface area contributed by atoms with Crippen LogP contribution in [0.1, 0.15) is 10.4 Å². The van der Waals surface area contributed by atoms with E-state index in [0.717, 1.165) is 7.57 Å². The van der Waals surface area contributed by atoms with Crippen LogP contribution in [0.25, 0.3) is 0 Å². The number of halogens is 2. The minimum Gasteiger partial charge on any atom is -0.358 e. The second-order valence-corrected chi connectivity index (χ2v) is 7.04. The maximum atomic E-state index is 12.0. The van der Waals surface area contributed by atoms with Crippen molar-refractivity contribution >= 4 is 54.8 Å². The van der Waals surface area contributed by atoms with Crippen molar-refractivity contribution in [3.8, 4) is 0 Å². The van der Waals surface area contributed by atoms with Crippen molar-refractivity contribution in [3.05, 3.63) is 41.6 Å². The Morgan fingerprint density at radius 2 is 2.28 bits per heavy atom. The van der Waals surface area contributed by atoms with Crippen LogP contribution in [0.15, 0.2) is 25.9 Å². The second kappa shape index (κ2) is 5.29. The third kappa shape index (κ3) is 2.85. The minimum atomic E-state index is -0.599. The molecule has 2 rings (SSSR count). The number of Topliss-reactive ketones (excluding diaryl/α,β-unsaturated/α-hetero) is 1. The lowest BCUT2D eigenvalue weighted by Crippen LogP contribution is -2.10. The van der Waals surface area contributed by atoms with E-state index in [1.165, 1.54) is 28.3 Å². The highest BCUT2D eigenvalue weighted by atomic mass is 79.9. The number of aromatic nitrogens is 2. The zero-order valence-corrected chi connectivity index (χ0v) is 12.7. The number of thiophene rings is 1. The Bertz CT molecular complexity index is 622. The minimum absolute atomic E-state index is 0.0321. The van der Waals surface area contributed by atoms with E-state index in [9.17, 15) is 14.9 Å². The molecule has 0 aliphatic heterocycles. The monoisotopic (exact) mass is 393 g/mol. The smallest absolute Gasteiger partial charge is 0.358 e. The number of rotatable bonds is 4. The summed E-state index contributed by atoms with van der Waals surface area (Å²) in [5.74, 6) is -0.435. The lowest BCUT2D eigenvalue weighted by molar-refractivity contribution is -0.389. The summed E-state index contributed by atoms with van der Waals surface area (Å²) in [5.41, 5.74) is 0.532. The largest absolute Gasteiger partial charge is 0.389 e. The molecule has 0 fully saturated rings. The van der Waals surface area contributed by atoms with Gasteiger partial charge in [0.2, 0.25) is 0 Å².